The van der Waals surface area contributed by atoms with Gasteiger partial charge in [-0.25, -0.2) is 9.97 Å². The molecule has 1 aromatic heterocycles. The molecule has 17 heavy (non-hydrogen) atoms. The molecule has 0 spiro atoms. The van der Waals surface area contributed by atoms with Crippen molar-refractivity contribution in [2.45, 2.75) is 32.8 Å². The molecule has 2 aromatic rings. The monoisotopic (exact) mass is 231 g/mol. The average molecular weight is 231 g/mol. The van der Waals surface area contributed by atoms with Crippen molar-refractivity contribution in [2.75, 3.05) is 5.73 Å². The first-order valence-electron chi connectivity index (χ1n) is 5.87. The van der Waals surface area contributed by atoms with Gasteiger partial charge in [-0.05, 0) is 31.5 Å². The van der Waals surface area contributed by atoms with E-state index >= 15 is 0 Å². The SMILES string of the molecule is CCCC(C)Oc1ncnc2cc(N)ccc12. The van der Waals surface area contributed by atoms with E-state index in [9.17, 15) is 0 Å². The standard InChI is InChI=1S/C13H17N3O/c1-3-4-9(2)17-13-11-6-5-10(14)7-12(11)15-8-16-13/h5-9H,3-4,14H2,1-2H3. The molecular weight excluding hydrogens is 214 g/mol. The maximum Gasteiger partial charge on any atom is 0.224 e. The van der Waals surface area contributed by atoms with Crippen molar-refractivity contribution < 1.29 is 4.74 Å². The predicted molar refractivity (Wildman–Crippen MR) is 68.9 cm³/mol. The van der Waals surface area contributed by atoms with Crippen LogP contribution in [0.15, 0.2) is 24.5 Å². The van der Waals surface area contributed by atoms with E-state index in [0.29, 0.717) is 11.6 Å². The van der Waals surface area contributed by atoms with Crippen LogP contribution in [0.2, 0.25) is 0 Å². The average Bonchev–Trinajstić information content (AvgIpc) is 2.29. The zero-order valence-corrected chi connectivity index (χ0v) is 10.2. The molecule has 1 heterocycles. The van der Waals surface area contributed by atoms with Gasteiger partial charge in [0.25, 0.3) is 0 Å². The molecule has 0 saturated heterocycles. The van der Waals surface area contributed by atoms with Crippen LogP contribution in [-0.2, 0) is 0 Å². The Hall–Kier alpha value is -1.84. The molecule has 1 atom stereocenters. The highest BCUT2D eigenvalue weighted by Crippen LogP contribution is 2.24. The first-order chi connectivity index (χ1) is 8.20. The Morgan fingerprint density at radius 1 is 1.35 bits per heavy atom. The van der Waals surface area contributed by atoms with Crippen LogP contribution in [0.3, 0.4) is 0 Å². The van der Waals surface area contributed by atoms with Gasteiger partial charge < -0.3 is 10.5 Å². The number of fused-ring (bicyclic) bond motifs is 1. The van der Waals surface area contributed by atoms with Crippen LogP contribution in [0, 0.1) is 0 Å². The lowest BCUT2D eigenvalue weighted by molar-refractivity contribution is 0.204. The second-order valence-corrected chi connectivity index (χ2v) is 4.17. The number of hydrogen-bond acceptors (Lipinski definition) is 4. The summed E-state index contributed by atoms with van der Waals surface area (Å²) < 4.78 is 5.82. The molecule has 2 rings (SSSR count). The molecular formula is C13H17N3O. The summed E-state index contributed by atoms with van der Waals surface area (Å²) in [5.74, 6) is 0.635. The van der Waals surface area contributed by atoms with E-state index in [4.69, 9.17) is 10.5 Å². The van der Waals surface area contributed by atoms with E-state index in [1.165, 1.54) is 6.33 Å². The maximum absolute atomic E-state index is 5.82. The number of hydrogen-bond donors (Lipinski definition) is 1. The minimum absolute atomic E-state index is 0.163. The number of anilines is 1. The quantitative estimate of drug-likeness (QED) is 0.822. The zero-order chi connectivity index (χ0) is 12.3. The molecule has 2 N–H and O–H groups in total. The first kappa shape index (κ1) is 11.6. The Balaban J connectivity index is 2.34. The van der Waals surface area contributed by atoms with Gasteiger partial charge in [0.15, 0.2) is 0 Å². The van der Waals surface area contributed by atoms with Crippen LogP contribution in [-0.4, -0.2) is 16.1 Å². The smallest absolute Gasteiger partial charge is 0.224 e. The van der Waals surface area contributed by atoms with Gasteiger partial charge in [-0.15, -0.1) is 0 Å². The number of nitrogen functional groups attached to an aromatic ring is 1. The molecule has 90 valence electrons. The summed E-state index contributed by atoms with van der Waals surface area (Å²) in [5.41, 5.74) is 7.24. The summed E-state index contributed by atoms with van der Waals surface area (Å²) in [4.78, 5) is 8.37. The summed E-state index contributed by atoms with van der Waals surface area (Å²) >= 11 is 0. The summed E-state index contributed by atoms with van der Waals surface area (Å²) in [7, 11) is 0. The van der Waals surface area contributed by atoms with Crippen LogP contribution in [0.1, 0.15) is 26.7 Å². The Morgan fingerprint density at radius 3 is 2.94 bits per heavy atom. The Kier molecular flexibility index (Phi) is 3.42. The minimum Gasteiger partial charge on any atom is -0.474 e. The Bertz CT molecular complexity index is 513. The van der Waals surface area contributed by atoms with Crippen molar-refractivity contribution in [3.63, 3.8) is 0 Å². The number of nitrogens with two attached hydrogens (primary N) is 1. The lowest BCUT2D eigenvalue weighted by Gasteiger charge is -2.14. The van der Waals surface area contributed by atoms with E-state index in [0.717, 1.165) is 23.7 Å². The van der Waals surface area contributed by atoms with E-state index < -0.39 is 0 Å². The molecule has 0 aliphatic carbocycles. The summed E-state index contributed by atoms with van der Waals surface area (Å²) in [6.07, 6.45) is 3.78. The molecule has 4 nitrogen and oxygen atoms in total. The third-order valence-corrected chi connectivity index (χ3v) is 2.63. The summed E-state index contributed by atoms with van der Waals surface area (Å²) in [6.45, 7) is 4.19. The van der Waals surface area contributed by atoms with Crippen LogP contribution < -0.4 is 10.5 Å². The van der Waals surface area contributed by atoms with Gasteiger partial charge in [0.05, 0.1) is 17.0 Å². The van der Waals surface area contributed by atoms with Gasteiger partial charge >= 0.3 is 0 Å². The molecule has 0 amide bonds. The molecule has 0 radical (unpaired) electrons. The highest BCUT2D eigenvalue weighted by molar-refractivity contribution is 5.85. The maximum atomic E-state index is 5.82. The van der Waals surface area contributed by atoms with Crippen molar-refractivity contribution in [3.05, 3.63) is 24.5 Å². The number of rotatable bonds is 4. The lowest BCUT2D eigenvalue weighted by atomic mass is 10.2. The summed E-state index contributed by atoms with van der Waals surface area (Å²) in [6, 6.07) is 5.57. The fourth-order valence-corrected chi connectivity index (χ4v) is 1.80. The number of benzene rings is 1. The lowest BCUT2D eigenvalue weighted by Crippen LogP contribution is -2.12. The Morgan fingerprint density at radius 2 is 2.18 bits per heavy atom. The van der Waals surface area contributed by atoms with Crippen molar-refractivity contribution >= 4 is 16.6 Å². The van der Waals surface area contributed by atoms with Gasteiger partial charge in [0, 0.05) is 5.69 Å². The molecule has 0 aliphatic rings. The third-order valence-electron chi connectivity index (χ3n) is 2.63. The van der Waals surface area contributed by atoms with Crippen molar-refractivity contribution in [1.29, 1.82) is 0 Å². The van der Waals surface area contributed by atoms with Gasteiger partial charge in [0.2, 0.25) is 5.88 Å². The van der Waals surface area contributed by atoms with Gasteiger partial charge in [-0.2, -0.15) is 0 Å². The minimum atomic E-state index is 0.163. The van der Waals surface area contributed by atoms with E-state index in [2.05, 4.69) is 23.8 Å². The largest absolute Gasteiger partial charge is 0.474 e. The predicted octanol–water partition coefficient (Wildman–Crippen LogP) is 2.78. The van der Waals surface area contributed by atoms with Gasteiger partial charge in [0.1, 0.15) is 6.33 Å². The molecule has 0 saturated carbocycles. The summed E-state index contributed by atoms with van der Waals surface area (Å²) in [5, 5.41) is 0.907. The number of aromatic nitrogens is 2. The van der Waals surface area contributed by atoms with Crippen LogP contribution in [0.5, 0.6) is 5.88 Å². The van der Waals surface area contributed by atoms with Crippen LogP contribution in [0.4, 0.5) is 5.69 Å². The van der Waals surface area contributed by atoms with Gasteiger partial charge in [-0.3, -0.25) is 0 Å². The molecule has 0 bridgehead atoms. The first-order valence-corrected chi connectivity index (χ1v) is 5.87. The van der Waals surface area contributed by atoms with Crippen molar-refractivity contribution in [2.24, 2.45) is 0 Å². The molecule has 0 aliphatic heterocycles. The van der Waals surface area contributed by atoms with E-state index in [1.807, 2.05) is 18.2 Å². The second kappa shape index (κ2) is 4.99. The number of nitrogens with zero attached hydrogens (tertiary/aromatic N) is 2. The number of ether oxygens (including phenoxy) is 1. The van der Waals surface area contributed by atoms with Crippen LogP contribution >= 0.6 is 0 Å². The molecule has 0 fully saturated rings. The highest BCUT2D eigenvalue weighted by atomic mass is 16.5. The van der Waals surface area contributed by atoms with Crippen molar-refractivity contribution in [1.82, 2.24) is 9.97 Å². The normalized spacial score (nSPS) is 12.6. The fraction of sp³-hybridized carbons (Fsp3) is 0.385. The zero-order valence-electron chi connectivity index (χ0n) is 10.2. The van der Waals surface area contributed by atoms with E-state index in [-0.39, 0.29) is 6.10 Å². The van der Waals surface area contributed by atoms with Crippen molar-refractivity contribution in [3.8, 4) is 5.88 Å². The third kappa shape index (κ3) is 2.64. The van der Waals surface area contributed by atoms with Gasteiger partial charge in [-0.1, -0.05) is 13.3 Å². The van der Waals surface area contributed by atoms with Crippen LogP contribution in [0.25, 0.3) is 10.9 Å². The molecule has 4 heteroatoms. The Labute approximate surface area is 101 Å². The van der Waals surface area contributed by atoms with E-state index in [1.54, 1.807) is 0 Å². The second-order valence-electron chi connectivity index (χ2n) is 4.17. The molecule has 1 aromatic carbocycles. The highest BCUT2D eigenvalue weighted by Gasteiger charge is 2.08. The fourth-order valence-electron chi connectivity index (χ4n) is 1.80. The topological polar surface area (TPSA) is 61.0 Å². The molecule has 1 unspecified atom stereocenters.